The molecule has 1 atom stereocenters. The van der Waals surface area contributed by atoms with Gasteiger partial charge in [0.25, 0.3) is 5.91 Å². The zero-order chi connectivity index (χ0) is 19.8. The molecule has 0 aliphatic heterocycles. The number of nitrogens with one attached hydrogen (secondary N) is 3. The summed E-state index contributed by atoms with van der Waals surface area (Å²) in [5, 5.41) is 8.52. The van der Waals surface area contributed by atoms with Crippen LogP contribution < -0.4 is 21.7 Å². The van der Waals surface area contributed by atoms with Gasteiger partial charge in [0.15, 0.2) is 0 Å². The lowest BCUT2D eigenvalue weighted by Gasteiger charge is -2.19. The fourth-order valence-electron chi connectivity index (χ4n) is 2.76. The molecule has 0 bridgehead atoms. The van der Waals surface area contributed by atoms with E-state index >= 15 is 0 Å². The summed E-state index contributed by atoms with van der Waals surface area (Å²) < 4.78 is 0. The number of anilines is 2. The molecule has 0 aliphatic carbocycles. The summed E-state index contributed by atoms with van der Waals surface area (Å²) in [5.74, 6) is 0.244. The Morgan fingerprint density at radius 3 is 2.37 bits per heavy atom. The second-order valence-electron chi connectivity index (χ2n) is 7.01. The predicted octanol–water partition coefficient (Wildman–Crippen LogP) is 3.74. The highest BCUT2D eigenvalue weighted by atomic mass is 16.2. The first-order valence-corrected chi connectivity index (χ1v) is 9.13. The van der Waals surface area contributed by atoms with Crippen molar-refractivity contribution in [2.45, 2.75) is 33.2 Å². The molecular weight excluding hydrogens is 340 g/mol. The Balaban J connectivity index is 2.06. The Kier molecular flexibility index (Phi) is 7.37. The molecule has 6 heteroatoms. The first-order chi connectivity index (χ1) is 12.9. The maximum atomic E-state index is 12.5. The van der Waals surface area contributed by atoms with E-state index in [1.54, 1.807) is 24.3 Å². The Morgan fingerprint density at radius 2 is 1.74 bits per heavy atom. The molecule has 27 heavy (non-hydrogen) atoms. The number of para-hydroxylation sites is 1. The summed E-state index contributed by atoms with van der Waals surface area (Å²) in [7, 11) is 0. The van der Waals surface area contributed by atoms with Gasteiger partial charge in [-0.1, -0.05) is 38.1 Å². The van der Waals surface area contributed by atoms with Gasteiger partial charge in [0, 0.05) is 29.5 Å². The topological polar surface area (TPSA) is 96.2 Å². The summed E-state index contributed by atoms with van der Waals surface area (Å²) in [6, 6.07) is 14.0. The number of amides is 3. The molecule has 2 aromatic rings. The average molecular weight is 368 g/mol. The highest BCUT2D eigenvalue weighted by molar-refractivity contribution is 6.02. The largest absolute Gasteiger partial charge is 0.348 e. The van der Waals surface area contributed by atoms with Crippen molar-refractivity contribution in [3.8, 4) is 0 Å². The molecular formula is C21H28N4O2. The lowest BCUT2D eigenvalue weighted by molar-refractivity contribution is 0.0933. The van der Waals surface area contributed by atoms with Crippen molar-refractivity contribution in [2.24, 2.45) is 11.7 Å². The number of benzene rings is 2. The first-order valence-electron chi connectivity index (χ1n) is 9.13. The van der Waals surface area contributed by atoms with Crippen LogP contribution in [-0.2, 0) is 0 Å². The van der Waals surface area contributed by atoms with Crippen molar-refractivity contribution in [2.75, 3.05) is 17.2 Å². The zero-order valence-electron chi connectivity index (χ0n) is 16.1. The van der Waals surface area contributed by atoms with Gasteiger partial charge < -0.3 is 21.7 Å². The molecule has 0 fully saturated rings. The van der Waals surface area contributed by atoms with E-state index < -0.39 is 0 Å². The molecule has 0 heterocycles. The molecule has 0 saturated carbocycles. The number of carbonyl (C=O) groups is 2. The van der Waals surface area contributed by atoms with Crippen LogP contribution >= 0.6 is 0 Å². The number of hydrogen-bond donors (Lipinski definition) is 4. The van der Waals surface area contributed by atoms with E-state index in [1.807, 2.05) is 31.2 Å². The summed E-state index contributed by atoms with van der Waals surface area (Å²) in [6.07, 6.45) is 0.818. The highest BCUT2D eigenvalue weighted by Gasteiger charge is 2.15. The van der Waals surface area contributed by atoms with Gasteiger partial charge in [-0.3, -0.25) is 4.79 Å². The van der Waals surface area contributed by atoms with E-state index in [9.17, 15) is 9.59 Å². The molecule has 144 valence electrons. The SMILES string of the molecule is Cc1ccc(C(=O)NC(CN)CC(C)C)cc1NC(=O)Nc1ccccc1. The van der Waals surface area contributed by atoms with Crippen molar-refractivity contribution < 1.29 is 9.59 Å². The monoisotopic (exact) mass is 368 g/mol. The second kappa shape index (κ2) is 9.73. The van der Waals surface area contributed by atoms with E-state index in [2.05, 4.69) is 29.8 Å². The fourth-order valence-corrected chi connectivity index (χ4v) is 2.76. The van der Waals surface area contributed by atoms with Crippen molar-refractivity contribution in [3.05, 3.63) is 59.7 Å². The Morgan fingerprint density at radius 1 is 1.04 bits per heavy atom. The number of aryl methyl sites for hydroxylation is 1. The van der Waals surface area contributed by atoms with Crippen LogP contribution in [0.4, 0.5) is 16.2 Å². The molecule has 0 spiro atoms. The van der Waals surface area contributed by atoms with Crippen molar-refractivity contribution in [1.29, 1.82) is 0 Å². The average Bonchev–Trinajstić information content (AvgIpc) is 2.63. The summed E-state index contributed by atoms with van der Waals surface area (Å²) in [4.78, 5) is 24.8. The van der Waals surface area contributed by atoms with Gasteiger partial charge in [-0.2, -0.15) is 0 Å². The molecule has 0 aliphatic rings. The van der Waals surface area contributed by atoms with Gasteiger partial charge in [-0.05, 0) is 49.1 Å². The quantitative estimate of drug-likeness (QED) is 0.599. The Hall–Kier alpha value is -2.86. The number of hydrogen-bond acceptors (Lipinski definition) is 3. The Bertz CT molecular complexity index is 775. The smallest absolute Gasteiger partial charge is 0.323 e. The van der Waals surface area contributed by atoms with E-state index in [1.165, 1.54) is 0 Å². The minimum atomic E-state index is -0.360. The number of rotatable bonds is 7. The fraction of sp³-hybridized carbons (Fsp3) is 0.333. The van der Waals surface area contributed by atoms with E-state index in [-0.39, 0.29) is 18.0 Å². The van der Waals surface area contributed by atoms with Crippen molar-refractivity contribution in [3.63, 3.8) is 0 Å². The highest BCUT2D eigenvalue weighted by Crippen LogP contribution is 2.18. The zero-order valence-corrected chi connectivity index (χ0v) is 16.1. The van der Waals surface area contributed by atoms with Crippen LogP contribution in [0.1, 0.15) is 36.2 Å². The molecule has 6 nitrogen and oxygen atoms in total. The van der Waals surface area contributed by atoms with Crippen LogP contribution in [0.2, 0.25) is 0 Å². The van der Waals surface area contributed by atoms with E-state index in [0.29, 0.717) is 29.4 Å². The standard InChI is InChI=1S/C21H28N4O2/c1-14(2)11-18(13-22)23-20(26)16-10-9-15(3)19(12-16)25-21(27)24-17-7-5-4-6-8-17/h4-10,12,14,18H,11,13,22H2,1-3H3,(H,23,26)(H2,24,25,27). The third-order valence-corrected chi connectivity index (χ3v) is 4.16. The third kappa shape index (κ3) is 6.42. The summed E-state index contributed by atoms with van der Waals surface area (Å²) in [5.41, 5.74) is 8.40. The van der Waals surface area contributed by atoms with Crippen molar-refractivity contribution >= 4 is 23.3 Å². The van der Waals surface area contributed by atoms with Crippen LogP contribution in [0.25, 0.3) is 0 Å². The summed E-state index contributed by atoms with van der Waals surface area (Å²) >= 11 is 0. The van der Waals surface area contributed by atoms with Crippen LogP contribution in [0, 0.1) is 12.8 Å². The summed E-state index contributed by atoms with van der Waals surface area (Å²) in [6.45, 7) is 6.45. The molecule has 0 aromatic heterocycles. The number of carbonyl (C=O) groups excluding carboxylic acids is 2. The second-order valence-corrected chi connectivity index (χ2v) is 7.01. The lowest BCUT2D eigenvalue weighted by Crippen LogP contribution is -2.41. The van der Waals surface area contributed by atoms with Crippen LogP contribution in [0.15, 0.2) is 48.5 Å². The van der Waals surface area contributed by atoms with Crippen molar-refractivity contribution in [1.82, 2.24) is 5.32 Å². The van der Waals surface area contributed by atoms with Crippen LogP contribution in [0.3, 0.4) is 0 Å². The third-order valence-electron chi connectivity index (χ3n) is 4.16. The lowest BCUT2D eigenvalue weighted by atomic mass is 10.0. The maximum absolute atomic E-state index is 12.5. The normalized spacial score (nSPS) is 11.7. The molecule has 3 amide bonds. The maximum Gasteiger partial charge on any atom is 0.323 e. The van der Waals surface area contributed by atoms with Gasteiger partial charge in [0.2, 0.25) is 0 Å². The Labute approximate surface area is 160 Å². The van der Waals surface area contributed by atoms with E-state index in [4.69, 9.17) is 5.73 Å². The molecule has 0 saturated heterocycles. The van der Waals surface area contributed by atoms with Gasteiger partial charge in [-0.15, -0.1) is 0 Å². The minimum absolute atomic E-state index is 0.0726. The molecule has 1 unspecified atom stereocenters. The van der Waals surface area contributed by atoms with Gasteiger partial charge in [-0.25, -0.2) is 4.79 Å². The van der Waals surface area contributed by atoms with E-state index in [0.717, 1.165) is 12.0 Å². The van der Waals surface area contributed by atoms with Gasteiger partial charge in [0.1, 0.15) is 0 Å². The van der Waals surface area contributed by atoms with Gasteiger partial charge in [0.05, 0.1) is 0 Å². The first kappa shape index (κ1) is 20.5. The molecule has 2 rings (SSSR count). The van der Waals surface area contributed by atoms with Crippen LogP contribution in [-0.4, -0.2) is 24.5 Å². The number of nitrogens with two attached hydrogens (primary N) is 1. The molecule has 2 aromatic carbocycles. The number of urea groups is 1. The van der Waals surface area contributed by atoms with Gasteiger partial charge >= 0.3 is 6.03 Å². The predicted molar refractivity (Wildman–Crippen MR) is 110 cm³/mol. The minimum Gasteiger partial charge on any atom is -0.348 e. The molecule has 0 radical (unpaired) electrons. The van der Waals surface area contributed by atoms with Crippen LogP contribution in [0.5, 0.6) is 0 Å². The molecule has 5 N–H and O–H groups in total.